The SMILES string of the molecule is C[C@H](c1ccc(S(C)(=O)=O)cc1)N(C)Cc1ccc(C(N)=O)cc1. The second kappa shape index (κ2) is 7.15. The van der Waals surface area contributed by atoms with E-state index in [-0.39, 0.29) is 6.04 Å². The van der Waals surface area contributed by atoms with Gasteiger partial charge in [-0.3, -0.25) is 9.69 Å². The van der Waals surface area contributed by atoms with Crippen LogP contribution in [0.15, 0.2) is 53.4 Å². The van der Waals surface area contributed by atoms with Crippen LogP contribution in [0.5, 0.6) is 0 Å². The fraction of sp³-hybridized carbons (Fsp3) is 0.278. The monoisotopic (exact) mass is 346 g/mol. The fourth-order valence-corrected chi connectivity index (χ4v) is 3.08. The van der Waals surface area contributed by atoms with Gasteiger partial charge < -0.3 is 5.73 Å². The molecule has 0 aromatic heterocycles. The van der Waals surface area contributed by atoms with Crippen LogP contribution in [0.3, 0.4) is 0 Å². The van der Waals surface area contributed by atoms with E-state index < -0.39 is 15.7 Å². The van der Waals surface area contributed by atoms with E-state index >= 15 is 0 Å². The van der Waals surface area contributed by atoms with Gasteiger partial charge in [-0.25, -0.2) is 8.42 Å². The molecule has 1 amide bonds. The summed E-state index contributed by atoms with van der Waals surface area (Å²) in [6.45, 7) is 2.77. The summed E-state index contributed by atoms with van der Waals surface area (Å²) in [5.41, 5.74) is 7.84. The molecule has 0 saturated carbocycles. The average molecular weight is 346 g/mol. The van der Waals surface area contributed by atoms with Gasteiger partial charge in [0.2, 0.25) is 5.91 Å². The van der Waals surface area contributed by atoms with E-state index in [1.54, 1.807) is 24.3 Å². The smallest absolute Gasteiger partial charge is 0.248 e. The molecule has 0 unspecified atom stereocenters. The van der Waals surface area contributed by atoms with Crippen molar-refractivity contribution < 1.29 is 13.2 Å². The van der Waals surface area contributed by atoms with E-state index in [1.165, 1.54) is 6.26 Å². The molecule has 5 nitrogen and oxygen atoms in total. The van der Waals surface area contributed by atoms with Gasteiger partial charge in [0.1, 0.15) is 0 Å². The maximum atomic E-state index is 11.5. The lowest BCUT2D eigenvalue weighted by Gasteiger charge is -2.25. The van der Waals surface area contributed by atoms with Gasteiger partial charge >= 0.3 is 0 Å². The molecule has 24 heavy (non-hydrogen) atoms. The average Bonchev–Trinajstić information content (AvgIpc) is 2.54. The van der Waals surface area contributed by atoms with Crippen LogP contribution in [0.4, 0.5) is 0 Å². The molecule has 0 spiro atoms. The molecular weight excluding hydrogens is 324 g/mol. The Bertz CT molecular complexity index is 812. The summed E-state index contributed by atoms with van der Waals surface area (Å²) in [7, 11) is -1.18. The van der Waals surface area contributed by atoms with E-state index in [2.05, 4.69) is 11.8 Å². The fourth-order valence-electron chi connectivity index (χ4n) is 2.45. The molecule has 0 heterocycles. The molecule has 0 saturated heterocycles. The summed E-state index contributed by atoms with van der Waals surface area (Å²) in [6, 6.07) is 14.3. The van der Waals surface area contributed by atoms with Crippen molar-refractivity contribution in [3.63, 3.8) is 0 Å². The van der Waals surface area contributed by atoms with E-state index in [0.29, 0.717) is 17.0 Å². The van der Waals surface area contributed by atoms with Crippen LogP contribution in [0, 0.1) is 0 Å². The minimum atomic E-state index is -3.18. The predicted molar refractivity (Wildman–Crippen MR) is 94.4 cm³/mol. The molecule has 0 radical (unpaired) electrons. The number of amides is 1. The summed E-state index contributed by atoms with van der Waals surface area (Å²) >= 11 is 0. The number of rotatable bonds is 6. The number of carbonyl (C=O) groups excluding carboxylic acids is 1. The molecule has 2 rings (SSSR count). The van der Waals surface area contributed by atoms with Crippen molar-refractivity contribution in [3.8, 4) is 0 Å². The van der Waals surface area contributed by atoms with Crippen molar-refractivity contribution in [2.75, 3.05) is 13.3 Å². The largest absolute Gasteiger partial charge is 0.366 e. The zero-order valence-electron chi connectivity index (χ0n) is 14.1. The topological polar surface area (TPSA) is 80.5 Å². The third-order valence-corrected chi connectivity index (χ3v) is 5.25. The van der Waals surface area contributed by atoms with Crippen molar-refractivity contribution in [1.82, 2.24) is 4.90 Å². The Labute approximate surface area is 143 Å². The van der Waals surface area contributed by atoms with E-state index in [1.807, 2.05) is 31.3 Å². The number of nitrogens with two attached hydrogens (primary N) is 1. The first-order valence-corrected chi connectivity index (χ1v) is 9.46. The van der Waals surface area contributed by atoms with Gasteiger partial charge in [-0.1, -0.05) is 24.3 Å². The van der Waals surface area contributed by atoms with Crippen molar-refractivity contribution in [1.29, 1.82) is 0 Å². The van der Waals surface area contributed by atoms with Crippen molar-refractivity contribution in [2.45, 2.75) is 24.4 Å². The standard InChI is InChI=1S/C18H22N2O3S/c1-13(15-8-10-17(11-9-15)24(3,22)23)20(2)12-14-4-6-16(7-5-14)18(19)21/h4-11,13H,12H2,1-3H3,(H2,19,21)/t13-/m1/s1. The summed E-state index contributed by atoms with van der Waals surface area (Å²) in [5, 5.41) is 0. The van der Waals surface area contributed by atoms with Crippen LogP contribution in [0.2, 0.25) is 0 Å². The molecule has 128 valence electrons. The molecule has 6 heteroatoms. The number of primary amides is 1. The van der Waals surface area contributed by atoms with Crippen LogP contribution in [-0.4, -0.2) is 32.5 Å². The van der Waals surface area contributed by atoms with Crippen molar-refractivity contribution in [2.24, 2.45) is 5.73 Å². The summed E-state index contributed by atoms with van der Waals surface area (Å²) in [5.74, 6) is -0.436. The van der Waals surface area contributed by atoms with Crippen LogP contribution < -0.4 is 5.73 Å². The van der Waals surface area contributed by atoms with Crippen LogP contribution >= 0.6 is 0 Å². The highest BCUT2D eigenvalue weighted by molar-refractivity contribution is 7.90. The lowest BCUT2D eigenvalue weighted by atomic mass is 10.1. The molecule has 2 N–H and O–H groups in total. The highest BCUT2D eigenvalue weighted by Crippen LogP contribution is 2.22. The van der Waals surface area contributed by atoms with Crippen LogP contribution in [0.25, 0.3) is 0 Å². The van der Waals surface area contributed by atoms with Gasteiger partial charge in [-0.05, 0) is 49.4 Å². The first kappa shape index (κ1) is 18.2. The van der Waals surface area contributed by atoms with Crippen molar-refractivity contribution >= 4 is 15.7 Å². The van der Waals surface area contributed by atoms with E-state index in [0.717, 1.165) is 11.1 Å². The Morgan fingerprint density at radius 1 is 1.08 bits per heavy atom. The van der Waals surface area contributed by atoms with Gasteiger partial charge in [0, 0.05) is 24.4 Å². The minimum Gasteiger partial charge on any atom is -0.366 e. The molecule has 1 atom stereocenters. The second-order valence-corrected chi connectivity index (χ2v) is 8.01. The lowest BCUT2D eigenvalue weighted by molar-refractivity contribution is 0.1000. The van der Waals surface area contributed by atoms with Gasteiger partial charge in [-0.15, -0.1) is 0 Å². The number of nitrogens with zero attached hydrogens (tertiary/aromatic N) is 1. The number of carbonyl (C=O) groups is 1. The minimum absolute atomic E-state index is 0.120. The highest BCUT2D eigenvalue weighted by Gasteiger charge is 2.14. The lowest BCUT2D eigenvalue weighted by Crippen LogP contribution is -2.22. The first-order valence-electron chi connectivity index (χ1n) is 7.57. The Balaban J connectivity index is 2.08. The van der Waals surface area contributed by atoms with Gasteiger partial charge in [0.05, 0.1) is 4.90 Å². The molecule has 0 aliphatic carbocycles. The molecule has 2 aromatic rings. The molecule has 0 aliphatic heterocycles. The predicted octanol–water partition coefficient (Wildman–Crippen LogP) is 2.38. The Morgan fingerprint density at radius 3 is 2.08 bits per heavy atom. The molecule has 0 fully saturated rings. The maximum Gasteiger partial charge on any atom is 0.248 e. The number of sulfone groups is 1. The zero-order valence-corrected chi connectivity index (χ0v) is 14.9. The van der Waals surface area contributed by atoms with Gasteiger partial charge in [0.15, 0.2) is 9.84 Å². The summed E-state index contributed by atoms with van der Waals surface area (Å²) < 4.78 is 23.0. The number of hydrogen-bond donors (Lipinski definition) is 1. The van der Waals surface area contributed by atoms with E-state index in [9.17, 15) is 13.2 Å². The zero-order chi connectivity index (χ0) is 17.9. The summed E-state index contributed by atoms with van der Waals surface area (Å²) in [4.78, 5) is 13.6. The maximum absolute atomic E-state index is 11.5. The summed E-state index contributed by atoms with van der Waals surface area (Å²) in [6.07, 6.45) is 1.20. The Kier molecular flexibility index (Phi) is 5.41. The molecule has 0 aliphatic rings. The number of hydrogen-bond acceptors (Lipinski definition) is 4. The second-order valence-electron chi connectivity index (χ2n) is 5.99. The number of benzene rings is 2. The molecule has 2 aromatic carbocycles. The molecular formula is C18H22N2O3S. The highest BCUT2D eigenvalue weighted by atomic mass is 32.2. The molecule has 0 bridgehead atoms. The van der Waals surface area contributed by atoms with Crippen LogP contribution in [-0.2, 0) is 16.4 Å². The van der Waals surface area contributed by atoms with Crippen molar-refractivity contribution in [3.05, 3.63) is 65.2 Å². The Morgan fingerprint density at radius 2 is 1.62 bits per heavy atom. The first-order chi connectivity index (χ1) is 11.2. The Hall–Kier alpha value is -2.18. The third-order valence-electron chi connectivity index (χ3n) is 4.12. The third kappa shape index (κ3) is 4.43. The van der Waals surface area contributed by atoms with Gasteiger partial charge in [0.25, 0.3) is 0 Å². The van der Waals surface area contributed by atoms with Crippen LogP contribution in [0.1, 0.15) is 34.5 Å². The quantitative estimate of drug-likeness (QED) is 0.871. The normalized spacial score (nSPS) is 13.0. The van der Waals surface area contributed by atoms with Gasteiger partial charge in [-0.2, -0.15) is 0 Å². The van der Waals surface area contributed by atoms with E-state index in [4.69, 9.17) is 5.73 Å².